The third kappa shape index (κ3) is 3.91. The first-order valence-corrected chi connectivity index (χ1v) is 8.90. The highest BCUT2D eigenvalue weighted by Gasteiger charge is 2.13. The molecule has 0 spiro atoms. The Hall–Kier alpha value is -1.02. The quantitative estimate of drug-likeness (QED) is 0.423. The Balaban J connectivity index is 1.91. The van der Waals surface area contributed by atoms with Crippen molar-refractivity contribution in [3.63, 3.8) is 0 Å². The Labute approximate surface area is 156 Å². The van der Waals surface area contributed by atoms with E-state index in [1.54, 1.807) is 0 Å². The zero-order valence-electron chi connectivity index (χ0n) is 11.9. The Bertz CT molecular complexity index is 838. The minimum atomic E-state index is -0.592. The summed E-state index contributed by atoms with van der Waals surface area (Å²) < 4.78 is 6.85. The lowest BCUT2D eigenvalue weighted by Gasteiger charge is -2.09. The van der Waals surface area contributed by atoms with Crippen LogP contribution in [-0.4, -0.2) is 28.6 Å². The summed E-state index contributed by atoms with van der Waals surface area (Å²) in [6, 6.07) is 11.3. The smallest absolute Gasteiger partial charge is 0.228 e. The van der Waals surface area contributed by atoms with Crippen molar-refractivity contribution in [3.05, 3.63) is 45.0 Å². The van der Waals surface area contributed by atoms with Crippen LogP contribution in [0.25, 0.3) is 22.6 Å². The van der Waals surface area contributed by atoms with Gasteiger partial charge < -0.3 is 14.8 Å². The van der Waals surface area contributed by atoms with Gasteiger partial charge in [-0.25, -0.2) is 4.98 Å². The molecule has 0 amide bonds. The fourth-order valence-corrected chi connectivity index (χ4v) is 2.90. The van der Waals surface area contributed by atoms with Crippen molar-refractivity contribution in [1.82, 2.24) is 4.98 Å². The van der Waals surface area contributed by atoms with E-state index in [9.17, 15) is 5.11 Å². The summed E-state index contributed by atoms with van der Waals surface area (Å²) in [7, 11) is 0. The first-order valence-electron chi connectivity index (χ1n) is 6.91. The maximum atomic E-state index is 9.50. The molecule has 1 aromatic heterocycles. The molecule has 0 bridgehead atoms. The third-order valence-electron chi connectivity index (χ3n) is 3.27. The zero-order valence-corrected chi connectivity index (χ0v) is 15.6. The molecule has 0 fully saturated rings. The van der Waals surface area contributed by atoms with Crippen LogP contribution in [0, 0.1) is 3.57 Å². The topological polar surface area (TPSA) is 58.3 Å². The van der Waals surface area contributed by atoms with E-state index in [0.29, 0.717) is 23.0 Å². The molecule has 4 nitrogen and oxygen atoms in total. The van der Waals surface area contributed by atoms with Gasteiger partial charge in [0.1, 0.15) is 5.52 Å². The van der Waals surface area contributed by atoms with Gasteiger partial charge in [-0.1, -0.05) is 11.6 Å². The van der Waals surface area contributed by atoms with Crippen molar-refractivity contribution in [2.75, 3.05) is 17.7 Å². The van der Waals surface area contributed by atoms with Gasteiger partial charge in [-0.15, -0.1) is 11.6 Å². The molecule has 0 aliphatic carbocycles. The number of aliphatic hydroxyl groups excluding tert-OH is 1. The number of aromatic nitrogens is 1. The number of alkyl halides is 1. The monoisotopic (exact) mass is 462 g/mol. The molecule has 0 saturated heterocycles. The van der Waals surface area contributed by atoms with Gasteiger partial charge in [-0.2, -0.15) is 0 Å². The predicted molar refractivity (Wildman–Crippen MR) is 102 cm³/mol. The number of halogens is 3. The maximum absolute atomic E-state index is 9.50. The molecule has 23 heavy (non-hydrogen) atoms. The summed E-state index contributed by atoms with van der Waals surface area (Å²) in [5.74, 6) is 0.676. The van der Waals surface area contributed by atoms with Crippen molar-refractivity contribution in [1.29, 1.82) is 0 Å². The fraction of sp³-hybridized carbons (Fsp3) is 0.188. The molecular weight excluding hydrogens is 450 g/mol. The Morgan fingerprint density at radius 3 is 2.87 bits per heavy atom. The predicted octanol–water partition coefficient (Wildman–Crippen LogP) is 4.76. The van der Waals surface area contributed by atoms with E-state index < -0.39 is 6.10 Å². The third-order valence-corrected chi connectivity index (χ3v) is 4.62. The van der Waals surface area contributed by atoms with Crippen LogP contribution in [0.3, 0.4) is 0 Å². The molecule has 0 radical (unpaired) electrons. The number of nitrogens with zero attached hydrogens (tertiary/aromatic N) is 1. The van der Waals surface area contributed by atoms with Crippen LogP contribution in [0.5, 0.6) is 0 Å². The average Bonchev–Trinajstić information content (AvgIpc) is 2.97. The number of aliphatic hydroxyl groups is 1. The van der Waals surface area contributed by atoms with Gasteiger partial charge >= 0.3 is 0 Å². The molecule has 2 aromatic carbocycles. The van der Waals surface area contributed by atoms with Gasteiger partial charge in [0, 0.05) is 15.8 Å². The van der Waals surface area contributed by atoms with Crippen molar-refractivity contribution < 1.29 is 9.52 Å². The van der Waals surface area contributed by atoms with E-state index in [4.69, 9.17) is 27.6 Å². The molecule has 3 rings (SSSR count). The number of oxazole rings is 1. The SMILES string of the molecule is OC(CCl)CNc1ccc2oc(-c3cc(I)ccc3Cl)nc2c1. The first kappa shape index (κ1) is 16.8. The second-order valence-electron chi connectivity index (χ2n) is 5.01. The summed E-state index contributed by atoms with van der Waals surface area (Å²) in [5, 5.41) is 13.2. The lowest BCUT2D eigenvalue weighted by Crippen LogP contribution is -2.20. The van der Waals surface area contributed by atoms with E-state index in [2.05, 4.69) is 32.9 Å². The summed E-state index contributed by atoms with van der Waals surface area (Å²) in [4.78, 5) is 4.51. The molecular formula is C16H13Cl2IN2O2. The molecule has 2 N–H and O–H groups in total. The number of anilines is 1. The molecule has 1 heterocycles. The van der Waals surface area contributed by atoms with Crippen LogP contribution in [0.2, 0.25) is 5.02 Å². The van der Waals surface area contributed by atoms with E-state index >= 15 is 0 Å². The van der Waals surface area contributed by atoms with Crippen LogP contribution < -0.4 is 5.32 Å². The largest absolute Gasteiger partial charge is 0.436 e. The van der Waals surface area contributed by atoms with Crippen LogP contribution in [0.4, 0.5) is 5.69 Å². The van der Waals surface area contributed by atoms with Gasteiger partial charge in [-0.3, -0.25) is 0 Å². The second kappa shape index (κ2) is 7.25. The van der Waals surface area contributed by atoms with Crippen molar-refractivity contribution in [2.45, 2.75) is 6.10 Å². The van der Waals surface area contributed by atoms with E-state index in [0.717, 1.165) is 20.3 Å². The number of rotatable bonds is 5. The van der Waals surface area contributed by atoms with E-state index in [1.165, 1.54) is 0 Å². The van der Waals surface area contributed by atoms with Crippen LogP contribution in [0.15, 0.2) is 40.8 Å². The average molecular weight is 463 g/mol. The lowest BCUT2D eigenvalue weighted by atomic mass is 10.2. The van der Waals surface area contributed by atoms with Crippen LogP contribution in [0.1, 0.15) is 0 Å². The van der Waals surface area contributed by atoms with Gasteiger partial charge in [0.25, 0.3) is 0 Å². The van der Waals surface area contributed by atoms with Crippen LogP contribution >= 0.6 is 45.8 Å². The molecule has 120 valence electrons. The molecule has 1 atom stereocenters. The Morgan fingerprint density at radius 2 is 2.09 bits per heavy atom. The van der Waals surface area contributed by atoms with E-state index in [-0.39, 0.29) is 5.88 Å². The summed E-state index contributed by atoms with van der Waals surface area (Å²) in [6.45, 7) is 0.377. The highest BCUT2D eigenvalue weighted by molar-refractivity contribution is 14.1. The molecule has 7 heteroatoms. The van der Waals surface area contributed by atoms with Crippen molar-refractivity contribution in [2.24, 2.45) is 0 Å². The van der Waals surface area contributed by atoms with Gasteiger partial charge in [0.05, 0.1) is 22.6 Å². The number of benzene rings is 2. The maximum Gasteiger partial charge on any atom is 0.228 e. The van der Waals surface area contributed by atoms with Gasteiger partial charge in [0.2, 0.25) is 5.89 Å². The Kier molecular flexibility index (Phi) is 5.31. The van der Waals surface area contributed by atoms with Gasteiger partial charge in [0.15, 0.2) is 5.58 Å². The van der Waals surface area contributed by atoms with Gasteiger partial charge in [-0.05, 0) is 59.0 Å². The minimum Gasteiger partial charge on any atom is -0.436 e. The summed E-state index contributed by atoms with van der Waals surface area (Å²) in [5.41, 5.74) is 3.01. The summed E-state index contributed by atoms with van der Waals surface area (Å²) >= 11 is 14.0. The van der Waals surface area contributed by atoms with Crippen molar-refractivity contribution in [3.8, 4) is 11.5 Å². The number of fused-ring (bicyclic) bond motifs is 1. The second-order valence-corrected chi connectivity index (χ2v) is 6.98. The number of hydrogen-bond acceptors (Lipinski definition) is 4. The number of hydrogen-bond donors (Lipinski definition) is 2. The highest BCUT2D eigenvalue weighted by Crippen LogP contribution is 2.32. The first-order chi connectivity index (χ1) is 11.1. The fourth-order valence-electron chi connectivity index (χ4n) is 2.10. The standard InChI is InChI=1S/C16H13Cl2IN2O2/c17-7-11(22)8-20-10-2-4-15-14(6-10)21-16(23-15)12-5-9(19)1-3-13(12)18/h1-6,11,20,22H,7-8H2. The van der Waals surface area contributed by atoms with Crippen molar-refractivity contribution >= 4 is 62.6 Å². The lowest BCUT2D eigenvalue weighted by molar-refractivity contribution is 0.211. The molecule has 0 saturated carbocycles. The highest BCUT2D eigenvalue weighted by atomic mass is 127. The molecule has 0 aliphatic rings. The van der Waals surface area contributed by atoms with Crippen LogP contribution in [-0.2, 0) is 0 Å². The normalized spacial score (nSPS) is 12.5. The Morgan fingerprint density at radius 1 is 1.26 bits per heavy atom. The summed E-state index contributed by atoms with van der Waals surface area (Å²) in [6.07, 6.45) is -0.592. The minimum absolute atomic E-state index is 0.189. The molecule has 1 unspecified atom stereocenters. The molecule has 0 aliphatic heterocycles. The zero-order chi connectivity index (χ0) is 16.4. The van der Waals surface area contributed by atoms with E-state index in [1.807, 2.05) is 36.4 Å². The molecule has 3 aromatic rings. The number of nitrogens with one attached hydrogen (secondary N) is 1.